The fraction of sp³-hybridized carbons (Fsp3) is 0.909. The van der Waals surface area contributed by atoms with E-state index in [1.165, 1.54) is 6.54 Å². The zero-order chi connectivity index (χ0) is 10.8. The standard InChI is InChI=1S/C11H21N3O/c1-9(2)5-13-6-10(7-13)14-4-3-12-11(15)8-14/h9-10H,3-8H2,1-2H3,(H,12,15). The van der Waals surface area contributed by atoms with Gasteiger partial charge in [0.15, 0.2) is 0 Å². The van der Waals surface area contributed by atoms with E-state index >= 15 is 0 Å². The minimum Gasteiger partial charge on any atom is -0.354 e. The molecule has 0 bridgehead atoms. The number of carbonyl (C=O) groups excluding carboxylic acids is 1. The van der Waals surface area contributed by atoms with Crippen molar-refractivity contribution >= 4 is 5.91 Å². The lowest BCUT2D eigenvalue weighted by atomic mass is 10.0. The number of nitrogens with zero attached hydrogens (tertiary/aromatic N) is 2. The Morgan fingerprint density at radius 2 is 2.20 bits per heavy atom. The molecule has 1 amide bonds. The molecule has 0 aromatic carbocycles. The largest absolute Gasteiger partial charge is 0.354 e. The molecule has 4 nitrogen and oxygen atoms in total. The number of hydrogen-bond acceptors (Lipinski definition) is 3. The Hall–Kier alpha value is -0.610. The molecule has 1 N–H and O–H groups in total. The first-order chi connectivity index (χ1) is 7.15. The number of nitrogens with one attached hydrogen (secondary N) is 1. The molecular weight excluding hydrogens is 190 g/mol. The van der Waals surface area contributed by atoms with Gasteiger partial charge in [0.05, 0.1) is 6.54 Å². The number of carbonyl (C=O) groups is 1. The van der Waals surface area contributed by atoms with Gasteiger partial charge in [-0.2, -0.15) is 0 Å². The lowest BCUT2D eigenvalue weighted by molar-refractivity contribution is -0.126. The van der Waals surface area contributed by atoms with Gasteiger partial charge < -0.3 is 5.32 Å². The van der Waals surface area contributed by atoms with Crippen LogP contribution >= 0.6 is 0 Å². The molecule has 0 saturated carbocycles. The third kappa shape index (κ3) is 2.69. The van der Waals surface area contributed by atoms with Gasteiger partial charge in [-0.1, -0.05) is 13.8 Å². The predicted molar refractivity (Wildman–Crippen MR) is 59.6 cm³/mol. The van der Waals surface area contributed by atoms with Crippen molar-refractivity contribution in [3.05, 3.63) is 0 Å². The highest BCUT2D eigenvalue weighted by atomic mass is 16.2. The second-order valence-electron chi connectivity index (χ2n) is 5.09. The molecule has 15 heavy (non-hydrogen) atoms. The Bertz CT molecular complexity index is 236. The minimum absolute atomic E-state index is 0.184. The van der Waals surface area contributed by atoms with Crippen LogP contribution in [0.4, 0.5) is 0 Å². The maximum Gasteiger partial charge on any atom is 0.234 e. The van der Waals surface area contributed by atoms with Gasteiger partial charge in [0.1, 0.15) is 0 Å². The Morgan fingerprint density at radius 1 is 1.47 bits per heavy atom. The van der Waals surface area contributed by atoms with E-state index in [0.717, 1.165) is 32.1 Å². The van der Waals surface area contributed by atoms with Crippen molar-refractivity contribution in [1.82, 2.24) is 15.1 Å². The van der Waals surface area contributed by atoms with Crippen LogP contribution in [-0.4, -0.2) is 61.0 Å². The van der Waals surface area contributed by atoms with Crippen LogP contribution in [0.5, 0.6) is 0 Å². The molecule has 0 unspecified atom stereocenters. The summed E-state index contributed by atoms with van der Waals surface area (Å²) in [4.78, 5) is 16.0. The van der Waals surface area contributed by atoms with Crippen LogP contribution in [0.3, 0.4) is 0 Å². The van der Waals surface area contributed by atoms with Gasteiger partial charge in [-0.25, -0.2) is 0 Å². The van der Waals surface area contributed by atoms with Crippen LogP contribution in [0, 0.1) is 5.92 Å². The third-order valence-corrected chi connectivity index (χ3v) is 3.15. The molecule has 2 saturated heterocycles. The summed E-state index contributed by atoms with van der Waals surface area (Å²) in [6.45, 7) is 10.4. The predicted octanol–water partition coefficient (Wildman–Crippen LogP) is -0.242. The van der Waals surface area contributed by atoms with Crippen LogP contribution in [0.15, 0.2) is 0 Å². The van der Waals surface area contributed by atoms with E-state index in [4.69, 9.17) is 0 Å². The van der Waals surface area contributed by atoms with Crippen molar-refractivity contribution in [2.24, 2.45) is 5.92 Å². The summed E-state index contributed by atoms with van der Waals surface area (Å²) in [7, 11) is 0. The van der Waals surface area contributed by atoms with Gasteiger partial charge in [-0.3, -0.25) is 14.6 Å². The normalized spacial score (nSPS) is 25.4. The first kappa shape index (κ1) is 10.9. The summed E-state index contributed by atoms with van der Waals surface area (Å²) >= 11 is 0. The van der Waals surface area contributed by atoms with Gasteiger partial charge in [0.2, 0.25) is 5.91 Å². The second-order valence-corrected chi connectivity index (χ2v) is 5.09. The maximum atomic E-state index is 11.2. The number of hydrogen-bond donors (Lipinski definition) is 1. The van der Waals surface area contributed by atoms with Gasteiger partial charge >= 0.3 is 0 Å². The Labute approximate surface area is 91.6 Å². The summed E-state index contributed by atoms with van der Waals surface area (Å²) in [5.74, 6) is 0.930. The number of amides is 1. The van der Waals surface area contributed by atoms with E-state index in [-0.39, 0.29) is 5.91 Å². The Morgan fingerprint density at radius 3 is 2.80 bits per heavy atom. The highest BCUT2D eigenvalue weighted by Crippen LogP contribution is 2.16. The van der Waals surface area contributed by atoms with Crippen LogP contribution in [-0.2, 0) is 4.79 Å². The summed E-state index contributed by atoms with van der Waals surface area (Å²) < 4.78 is 0. The lowest BCUT2D eigenvalue weighted by Gasteiger charge is -2.47. The molecule has 0 aromatic heterocycles. The Balaban J connectivity index is 1.72. The molecule has 0 aliphatic carbocycles. The smallest absolute Gasteiger partial charge is 0.234 e. The summed E-state index contributed by atoms with van der Waals surface area (Å²) in [5, 5.41) is 2.86. The van der Waals surface area contributed by atoms with Crippen molar-refractivity contribution in [3.63, 3.8) is 0 Å². The molecule has 4 heteroatoms. The van der Waals surface area contributed by atoms with Gasteiger partial charge in [0.25, 0.3) is 0 Å². The monoisotopic (exact) mass is 211 g/mol. The van der Waals surface area contributed by atoms with Crippen molar-refractivity contribution in [3.8, 4) is 0 Å². The van der Waals surface area contributed by atoms with Gasteiger partial charge in [0, 0.05) is 38.8 Å². The SMILES string of the molecule is CC(C)CN1CC(N2CCNC(=O)C2)C1. The van der Waals surface area contributed by atoms with Crippen molar-refractivity contribution in [2.75, 3.05) is 39.3 Å². The zero-order valence-electron chi connectivity index (χ0n) is 9.70. The summed E-state index contributed by atoms with van der Waals surface area (Å²) in [6.07, 6.45) is 0. The second kappa shape index (κ2) is 4.49. The molecule has 86 valence electrons. The average Bonchev–Trinajstić information content (AvgIpc) is 2.10. The van der Waals surface area contributed by atoms with Crippen LogP contribution in [0.1, 0.15) is 13.8 Å². The fourth-order valence-corrected chi connectivity index (χ4v) is 2.41. The van der Waals surface area contributed by atoms with E-state index in [9.17, 15) is 4.79 Å². The van der Waals surface area contributed by atoms with Crippen LogP contribution in [0.2, 0.25) is 0 Å². The quantitative estimate of drug-likeness (QED) is 0.700. The number of likely N-dealkylation sites (tertiary alicyclic amines) is 1. The van der Waals surface area contributed by atoms with E-state index < -0.39 is 0 Å². The Kier molecular flexibility index (Phi) is 3.26. The van der Waals surface area contributed by atoms with E-state index in [2.05, 4.69) is 29.0 Å². The molecule has 2 heterocycles. The van der Waals surface area contributed by atoms with Gasteiger partial charge in [-0.15, -0.1) is 0 Å². The lowest BCUT2D eigenvalue weighted by Crippen LogP contribution is -2.64. The van der Waals surface area contributed by atoms with Crippen molar-refractivity contribution < 1.29 is 4.79 Å². The highest BCUT2D eigenvalue weighted by Gasteiger charge is 2.33. The van der Waals surface area contributed by atoms with E-state index in [0.29, 0.717) is 12.6 Å². The molecule has 0 radical (unpaired) electrons. The molecule has 0 spiro atoms. The maximum absolute atomic E-state index is 11.2. The van der Waals surface area contributed by atoms with E-state index in [1.807, 2.05) is 0 Å². The minimum atomic E-state index is 0.184. The first-order valence-corrected chi connectivity index (χ1v) is 5.88. The summed E-state index contributed by atoms with van der Waals surface area (Å²) in [5.41, 5.74) is 0. The highest BCUT2D eigenvalue weighted by molar-refractivity contribution is 5.78. The average molecular weight is 211 g/mol. The molecule has 0 atom stereocenters. The van der Waals surface area contributed by atoms with Crippen LogP contribution < -0.4 is 5.32 Å². The molecule has 2 aliphatic heterocycles. The first-order valence-electron chi connectivity index (χ1n) is 5.88. The van der Waals surface area contributed by atoms with Crippen LogP contribution in [0.25, 0.3) is 0 Å². The van der Waals surface area contributed by atoms with Crippen molar-refractivity contribution in [2.45, 2.75) is 19.9 Å². The fourth-order valence-electron chi connectivity index (χ4n) is 2.41. The third-order valence-electron chi connectivity index (χ3n) is 3.15. The van der Waals surface area contributed by atoms with Gasteiger partial charge in [-0.05, 0) is 5.92 Å². The molecule has 2 fully saturated rings. The van der Waals surface area contributed by atoms with Crippen molar-refractivity contribution in [1.29, 1.82) is 0 Å². The molecule has 2 aliphatic rings. The molecule has 0 aromatic rings. The number of piperazine rings is 1. The summed E-state index contributed by atoms with van der Waals surface area (Å²) in [6, 6.07) is 0.620. The zero-order valence-corrected chi connectivity index (χ0v) is 9.70. The topological polar surface area (TPSA) is 35.6 Å². The van der Waals surface area contributed by atoms with E-state index in [1.54, 1.807) is 0 Å². The number of rotatable bonds is 3. The molecular formula is C11H21N3O. The molecule has 2 rings (SSSR count).